The molecule has 4 nitrogen and oxygen atoms in total. The van der Waals surface area contributed by atoms with Gasteiger partial charge < -0.3 is 10.2 Å². The van der Waals surface area contributed by atoms with Crippen LogP contribution < -0.4 is 5.32 Å². The molecule has 0 aromatic heterocycles. The maximum absolute atomic E-state index is 13.2. The SMILES string of the molecule is CCC(C(=O)NCC(C)C)N(Cc1cccc(C)c1)C(=O)CSc1ccc(Cl)cc1. The largest absolute Gasteiger partial charge is 0.354 e. The molecular formula is C24H31ClN2O2S. The number of aryl methyl sites for hydroxylation is 1. The van der Waals surface area contributed by atoms with E-state index in [4.69, 9.17) is 11.6 Å². The number of hydrogen-bond donors (Lipinski definition) is 1. The van der Waals surface area contributed by atoms with Gasteiger partial charge >= 0.3 is 0 Å². The summed E-state index contributed by atoms with van der Waals surface area (Å²) in [5, 5.41) is 3.66. The molecular weight excluding hydrogens is 416 g/mol. The van der Waals surface area contributed by atoms with Crippen molar-refractivity contribution in [3.8, 4) is 0 Å². The summed E-state index contributed by atoms with van der Waals surface area (Å²) < 4.78 is 0. The number of benzene rings is 2. The van der Waals surface area contributed by atoms with Crippen molar-refractivity contribution in [1.82, 2.24) is 10.2 Å². The Labute approximate surface area is 189 Å². The number of carbonyl (C=O) groups excluding carboxylic acids is 2. The molecule has 1 N–H and O–H groups in total. The summed E-state index contributed by atoms with van der Waals surface area (Å²) in [7, 11) is 0. The lowest BCUT2D eigenvalue weighted by Crippen LogP contribution is -2.50. The number of amides is 2. The van der Waals surface area contributed by atoms with E-state index in [1.54, 1.807) is 4.90 Å². The van der Waals surface area contributed by atoms with Crippen LogP contribution in [0.25, 0.3) is 0 Å². The summed E-state index contributed by atoms with van der Waals surface area (Å²) in [6, 6.07) is 15.0. The van der Waals surface area contributed by atoms with Gasteiger partial charge in [-0.25, -0.2) is 0 Å². The lowest BCUT2D eigenvalue weighted by molar-refractivity contribution is -0.139. The third kappa shape index (κ3) is 7.69. The van der Waals surface area contributed by atoms with Crippen LogP contribution in [0.1, 0.15) is 38.3 Å². The summed E-state index contributed by atoms with van der Waals surface area (Å²) in [6.45, 7) is 9.09. The average Bonchev–Trinajstić information content (AvgIpc) is 2.71. The van der Waals surface area contributed by atoms with Gasteiger partial charge in [-0.2, -0.15) is 0 Å². The molecule has 0 saturated carbocycles. The molecule has 0 heterocycles. The summed E-state index contributed by atoms with van der Waals surface area (Å²) in [5.41, 5.74) is 2.16. The highest BCUT2D eigenvalue weighted by Gasteiger charge is 2.28. The zero-order valence-electron chi connectivity index (χ0n) is 18.2. The molecule has 2 aromatic carbocycles. The zero-order chi connectivity index (χ0) is 22.1. The molecule has 0 bridgehead atoms. The minimum atomic E-state index is -0.498. The quantitative estimate of drug-likeness (QED) is 0.502. The fraction of sp³-hybridized carbons (Fsp3) is 0.417. The number of hydrogen-bond acceptors (Lipinski definition) is 3. The van der Waals surface area contributed by atoms with Gasteiger partial charge in [-0.1, -0.05) is 62.2 Å². The summed E-state index contributed by atoms with van der Waals surface area (Å²) >= 11 is 7.40. The Morgan fingerprint density at radius 2 is 1.83 bits per heavy atom. The van der Waals surface area contributed by atoms with Gasteiger partial charge in [-0.15, -0.1) is 11.8 Å². The zero-order valence-corrected chi connectivity index (χ0v) is 19.7. The molecule has 0 aliphatic carbocycles. The van der Waals surface area contributed by atoms with E-state index in [9.17, 15) is 9.59 Å². The van der Waals surface area contributed by atoms with Gasteiger partial charge in [0.1, 0.15) is 6.04 Å². The molecule has 162 valence electrons. The maximum Gasteiger partial charge on any atom is 0.242 e. The first kappa shape index (κ1) is 24.3. The number of carbonyl (C=O) groups is 2. The molecule has 2 amide bonds. The molecule has 0 aliphatic rings. The molecule has 2 rings (SSSR count). The van der Waals surface area contributed by atoms with Crippen molar-refractivity contribution in [1.29, 1.82) is 0 Å². The highest BCUT2D eigenvalue weighted by atomic mass is 35.5. The fourth-order valence-corrected chi connectivity index (χ4v) is 4.02. The Balaban J connectivity index is 2.18. The minimum Gasteiger partial charge on any atom is -0.354 e. The van der Waals surface area contributed by atoms with Crippen molar-refractivity contribution >= 4 is 35.2 Å². The summed E-state index contributed by atoms with van der Waals surface area (Å²) in [6.07, 6.45) is 0.563. The van der Waals surface area contributed by atoms with E-state index in [1.165, 1.54) is 11.8 Å². The van der Waals surface area contributed by atoms with Gasteiger partial charge in [0.05, 0.1) is 5.75 Å². The van der Waals surface area contributed by atoms with E-state index in [2.05, 4.69) is 25.2 Å². The highest BCUT2D eigenvalue weighted by Crippen LogP contribution is 2.22. The molecule has 6 heteroatoms. The molecule has 0 radical (unpaired) electrons. The number of nitrogens with zero attached hydrogens (tertiary/aromatic N) is 1. The Bertz CT molecular complexity index is 839. The average molecular weight is 447 g/mol. The van der Waals surface area contributed by atoms with Crippen molar-refractivity contribution in [2.75, 3.05) is 12.3 Å². The van der Waals surface area contributed by atoms with Crippen molar-refractivity contribution in [3.63, 3.8) is 0 Å². The second-order valence-electron chi connectivity index (χ2n) is 7.82. The van der Waals surface area contributed by atoms with Crippen LogP contribution in [-0.2, 0) is 16.1 Å². The van der Waals surface area contributed by atoms with E-state index < -0.39 is 6.04 Å². The smallest absolute Gasteiger partial charge is 0.242 e. The van der Waals surface area contributed by atoms with Crippen LogP contribution in [-0.4, -0.2) is 35.1 Å². The van der Waals surface area contributed by atoms with Crippen LogP contribution in [0.4, 0.5) is 0 Å². The van der Waals surface area contributed by atoms with Crippen LogP contribution in [0, 0.1) is 12.8 Å². The van der Waals surface area contributed by atoms with Gasteiger partial charge in [0.2, 0.25) is 11.8 Å². The standard InChI is InChI=1S/C24H31ClN2O2S/c1-5-22(24(29)26-14-17(2)3)27(15-19-8-6-7-18(4)13-19)23(28)16-30-21-11-9-20(25)10-12-21/h6-13,17,22H,5,14-16H2,1-4H3,(H,26,29). The molecule has 30 heavy (non-hydrogen) atoms. The monoisotopic (exact) mass is 446 g/mol. The first-order chi connectivity index (χ1) is 14.3. The van der Waals surface area contributed by atoms with Gasteiger partial charge in [0.15, 0.2) is 0 Å². The van der Waals surface area contributed by atoms with Crippen LogP contribution in [0.5, 0.6) is 0 Å². The second-order valence-corrected chi connectivity index (χ2v) is 9.30. The predicted molar refractivity (Wildman–Crippen MR) is 126 cm³/mol. The Hall–Kier alpha value is -1.98. The van der Waals surface area contributed by atoms with Crippen LogP contribution in [0.3, 0.4) is 0 Å². The Morgan fingerprint density at radius 3 is 2.43 bits per heavy atom. The van der Waals surface area contributed by atoms with E-state index >= 15 is 0 Å². The number of thioether (sulfide) groups is 1. The lowest BCUT2D eigenvalue weighted by atomic mass is 10.1. The third-order valence-corrected chi connectivity index (χ3v) is 5.93. The first-order valence-corrected chi connectivity index (χ1v) is 11.7. The van der Waals surface area contributed by atoms with E-state index in [0.717, 1.165) is 16.0 Å². The van der Waals surface area contributed by atoms with Gasteiger partial charge in [0, 0.05) is 23.0 Å². The summed E-state index contributed by atoms with van der Waals surface area (Å²) in [5.74, 6) is 0.473. The molecule has 2 aromatic rings. The topological polar surface area (TPSA) is 49.4 Å². The Morgan fingerprint density at radius 1 is 1.13 bits per heavy atom. The molecule has 0 spiro atoms. The molecule has 1 unspecified atom stereocenters. The van der Waals surface area contributed by atoms with E-state index in [0.29, 0.717) is 30.5 Å². The number of halogens is 1. The number of nitrogens with one attached hydrogen (secondary N) is 1. The van der Waals surface area contributed by atoms with Crippen molar-refractivity contribution < 1.29 is 9.59 Å². The predicted octanol–water partition coefficient (Wildman–Crippen LogP) is 5.32. The number of rotatable bonds is 10. The molecule has 0 saturated heterocycles. The van der Waals surface area contributed by atoms with Crippen LogP contribution in [0.2, 0.25) is 5.02 Å². The molecule has 0 fully saturated rings. The lowest BCUT2D eigenvalue weighted by Gasteiger charge is -2.31. The first-order valence-electron chi connectivity index (χ1n) is 10.3. The van der Waals surface area contributed by atoms with Crippen LogP contribution >= 0.6 is 23.4 Å². The van der Waals surface area contributed by atoms with Crippen molar-refractivity contribution in [3.05, 3.63) is 64.7 Å². The van der Waals surface area contributed by atoms with Crippen molar-refractivity contribution in [2.45, 2.75) is 51.6 Å². The van der Waals surface area contributed by atoms with E-state index in [-0.39, 0.29) is 17.6 Å². The van der Waals surface area contributed by atoms with Gasteiger partial charge in [-0.3, -0.25) is 9.59 Å². The molecule has 1 atom stereocenters. The third-order valence-electron chi connectivity index (χ3n) is 4.68. The maximum atomic E-state index is 13.2. The van der Waals surface area contributed by atoms with Crippen molar-refractivity contribution in [2.24, 2.45) is 5.92 Å². The minimum absolute atomic E-state index is 0.0528. The van der Waals surface area contributed by atoms with Gasteiger partial charge in [0.25, 0.3) is 0 Å². The Kier molecular flexibility index (Phi) is 9.73. The normalized spacial score (nSPS) is 11.9. The van der Waals surface area contributed by atoms with Gasteiger partial charge in [-0.05, 0) is 49.1 Å². The highest BCUT2D eigenvalue weighted by molar-refractivity contribution is 8.00. The van der Waals surface area contributed by atoms with E-state index in [1.807, 2.05) is 56.3 Å². The summed E-state index contributed by atoms with van der Waals surface area (Å²) in [4.78, 5) is 28.8. The fourth-order valence-electron chi connectivity index (χ4n) is 3.11. The molecule has 0 aliphatic heterocycles. The second kappa shape index (κ2) is 12.0. The van der Waals surface area contributed by atoms with Crippen LogP contribution in [0.15, 0.2) is 53.4 Å².